The largest absolute Gasteiger partial charge is 0.347 e. The molecule has 1 unspecified atom stereocenters. The Morgan fingerprint density at radius 1 is 1.43 bits per heavy atom. The fourth-order valence-electron chi connectivity index (χ4n) is 2.33. The zero-order valence-electron chi connectivity index (χ0n) is 13.0. The van der Waals surface area contributed by atoms with Gasteiger partial charge in [0.25, 0.3) is 0 Å². The Morgan fingerprint density at radius 3 is 2.86 bits per heavy atom. The van der Waals surface area contributed by atoms with Crippen LogP contribution in [0.4, 0.5) is 9.52 Å². The molecule has 0 bridgehead atoms. The number of nitrogens with zero attached hydrogens (tertiary/aromatic N) is 2. The van der Waals surface area contributed by atoms with E-state index in [9.17, 15) is 4.39 Å². The van der Waals surface area contributed by atoms with E-state index in [1.54, 1.807) is 23.5 Å². The van der Waals surface area contributed by atoms with Crippen LogP contribution in [0, 0.1) is 12.7 Å². The summed E-state index contributed by atoms with van der Waals surface area (Å²) in [7, 11) is 1.99. The fraction of sp³-hybridized carbons (Fsp3) is 0.438. The van der Waals surface area contributed by atoms with Crippen LogP contribution in [0.15, 0.2) is 24.3 Å². The summed E-state index contributed by atoms with van der Waals surface area (Å²) in [6.07, 6.45) is 0. The van der Waals surface area contributed by atoms with E-state index in [4.69, 9.17) is 0 Å². The summed E-state index contributed by atoms with van der Waals surface area (Å²) in [5, 5.41) is 4.38. The molecule has 0 aliphatic heterocycles. The summed E-state index contributed by atoms with van der Waals surface area (Å²) in [6.45, 7) is 7.89. The van der Waals surface area contributed by atoms with Gasteiger partial charge in [0, 0.05) is 24.5 Å². The van der Waals surface area contributed by atoms with E-state index in [2.05, 4.69) is 29.0 Å². The number of nitrogens with one attached hydrogen (secondary N) is 1. The molecule has 0 aliphatic carbocycles. The van der Waals surface area contributed by atoms with E-state index in [1.807, 2.05) is 20.0 Å². The first kappa shape index (κ1) is 15.9. The molecule has 1 atom stereocenters. The molecule has 0 radical (unpaired) electrons. The Bertz CT molecular complexity index is 597. The lowest BCUT2D eigenvalue weighted by Crippen LogP contribution is -2.17. The maximum atomic E-state index is 13.2. The average Bonchev–Trinajstić information content (AvgIpc) is 2.81. The van der Waals surface area contributed by atoms with Gasteiger partial charge in [-0.25, -0.2) is 9.37 Å². The van der Waals surface area contributed by atoms with Crippen molar-refractivity contribution < 1.29 is 4.39 Å². The van der Waals surface area contributed by atoms with Gasteiger partial charge in [-0.1, -0.05) is 19.1 Å². The van der Waals surface area contributed by atoms with Gasteiger partial charge in [-0.2, -0.15) is 0 Å². The SMILES string of the molecule is CCNC(C)c1sc(N(C)Cc2cccc(F)c2)nc1C. The van der Waals surface area contributed by atoms with E-state index in [-0.39, 0.29) is 5.82 Å². The highest BCUT2D eigenvalue weighted by molar-refractivity contribution is 7.15. The highest BCUT2D eigenvalue weighted by Crippen LogP contribution is 2.30. The topological polar surface area (TPSA) is 28.2 Å². The third-order valence-electron chi connectivity index (χ3n) is 3.36. The van der Waals surface area contributed by atoms with Crippen molar-refractivity contribution >= 4 is 16.5 Å². The van der Waals surface area contributed by atoms with Crippen molar-refractivity contribution in [2.75, 3.05) is 18.5 Å². The number of halogens is 1. The second-order valence-electron chi connectivity index (χ2n) is 5.21. The molecule has 1 aromatic heterocycles. The Labute approximate surface area is 129 Å². The molecule has 2 rings (SSSR count). The van der Waals surface area contributed by atoms with E-state index < -0.39 is 0 Å². The fourth-order valence-corrected chi connectivity index (χ4v) is 3.39. The molecule has 0 amide bonds. The molecule has 0 saturated heterocycles. The highest BCUT2D eigenvalue weighted by Gasteiger charge is 2.15. The number of benzene rings is 1. The number of hydrogen-bond acceptors (Lipinski definition) is 4. The second-order valence-corrected chi connectivity index (χ2v) is 6.22. The first-order chi connectivity index (χ1) is 10.0. The van der Waals surface area contributed by atoms with Crippen molar-refractivity contribution in [1.29, 1.82) is 0 Å². The normalized spacial score (nSPS) is 12.4. The molecule has 114 valence electrons. The molecule has 5 heteroatoms. The lowest BCUT2D eigenvalue weighted by atomic mass is 10.2. The van der Waals surface area contributed by atoms with Crippen LogP contribution in [0.5, 0.6) is 0 Å². The van der Waals surface area contributed by atoms with Gasteiger partial charge in [0.05, 0.1) is 5.69 Å². The third kappa shape index (κ3) is 4.02. The third-order valence-corrected chi connectivity index (χ3v) is 4.81. The zero-order chi connectivity index (χ0) is 15.4. The highest BCUT2D eigenvalue weighted by atomic mass is 32.1. The Morgan fingerprint density at radius 2 is 2.19 bits per heavy atom. The van der Waals surface area contributed by atoms with E-state index >= 15 is 0 Å². The van der Waals surface area contributed by atoms with Crippen LogP contribution in [-0.2, 0) is 6.54 Å². The predicted molar refractivity (Wildman–Crippen MR) is 87.4 cm³/mol. The molecule has 1 aromatic carbocycles. The second kappa shape index (κ2) is 7.00. The number of thiazole rings is 1. The van der Waals surface area contributed by atoms with Crippen LogP contribution in [0.25, 0.3) is 0 Å². The Hall–Kier alpha value is -1.46. The summed E-state index contributed by atoms with van der Waals surface area (Å²) in [5.41, 5.74) is 2.01. The van der Waals surface area contributed by atoms with Gasteiger partial charge in [-0.05, 0) is 38.1 Å². The first-order valence-corrected chi connectivity index (χ1v) is 7.99. The summed E-state index contributed by atoms with van der Waals surface area (Å²) in [4.78, 5) is 7.97. The first-order valence-electron chi connectivity index (χ1n) is 7.17. The minimum Gasteiger partial charge on any atom is -0.347 e. The van der Waals surface area contributed by atoms with E-state index in [0.29, 0.717) is 12.6 Å². The van der Waals surface area contributed by atoms with Crippen molar-refractivity contribution in [2.24, 2.45) is 0 Å². The Kier molecular flexibility index (Phi) is 5.31. The molecular formula is C16H22FN3S. The molecule has 3 nitrogen and oxygen atoms in total. The van der Waals surface area contributed by atoms with Crippen LogP contribution in [-0.4, -0.2) is 18.6 Å². The molecule has 0 saturated carbocycles. The number of hydrogen-bond donors (Lipinski definition) is 1. The molecule has 1 N–H and O–H groups in total. The van der Waals surface area contributed by atoms with Gasteiger partial charge < -0.3 is 10.2 Å². The average molecular weight is 307 g/mol. The molecule has 2 aromatic rings. The van der Waals surface area contributed by atoms with Crippen LogP contribution in [0.1, 0.15) is 36.0 Å². The standard InChI is InChI=1S/C16H22FN3S/c1-5-18-11(2)15-12(3)19-16(21-15)20(4)10-13-7-6-8-14(17)9-13/h6-9,11,18H,5,10H2,1-4H3. The monoisotopic (exact) mass is 307 g/mol. The van der Waals surface area contributed by atoms with Gasteiger partial charge in [0.2, 0.25) is 0 Å². The summed E-state index contributed by atoms with van der Waals surface area (Å²) >= 11 is 1.70. The Balaban J connectivity index is 2.12. The lowest BCUT2D eigenvalue weighted by molar-refractivity contribution is 0.603. The van der Waals surface area contributed by atoms with Crippen molar-refractivity contribution in [1.82, 2.24) is 10.3 Å². The molecule has 0 aliphatic rings. The van der Waals surface area contributed by atoms with Crippen LogP contribution in [0.3, 0.4) is 0 Å². The van der Waals surface area contributed by atoms with E-state index in [1.165, 1.54) is 10.9 Å². The molecule has 21 heavy (non-hydrogen) atoms. The lowest BCUT2D eigenvalue weighted by Gasteiger charge is -2.16. The zero-order valence-corrected chi connectivity index (χ0v) is 13.8. The summed E-state index contributed by atoms with van der Waals surface area (Å²) in [5.74, 6) is -0.197. The van der Waals surface area contributed by atoms with Crippen LogP contribution in [0.2, 0.25) is 0 Å². The van der Waals surface area contributed by atoms with Crippen LogP contribution >= 0.6 is 11.3 Å². The maximum absolute atomic E-state index is 13.2. The number of aryl methyl sites for hydroxylation is 1. The van der Waals surface area contributed by atoms with Gasteiger partial charge in [0.15, 0.2) is 5.13 Å². The van der Waals surface area contributed by atoms with Crippen LogP contribution < -0.4 is 10.2 Å². The maximum Gasteiger partial charge on any atom is 0.185 e. The van der Waals surface area contributed by atoms with Crippen molar-refractivity contribution in [3.05, 3.63) is 46.2 Å². The number of aromatic nitrogens is 1. The van der Waals surface area contributed by atoms with Gasteiger partial charge in [0.1, 0.15) is 5.82 Å². The molecule has 0 fully saturated rings. The van der Waals surface area contributed by atoms with Gasteiger partial charge in [-0.3, -0.25) is 0 Å². The number of rotatable bonds is 6. The van der Waals surface area contributed by atoms with Crippen molar-refractivity contribution in [3.8, 4) is 0 Å². The predicted octanol–water partition coefficient (Wildman–Crippen LogP) is 3.90. The molecule has 0 spiro atoms. The summed E-state index contributed by atoms with van der Waals surface area (Å²) < 4.78 is 13.2. The van der Waals surface area contributed by atoms with Crippen molar-refractivity contribution in [3.63, 3.8) is 0 Å². The molecule has 1 heterocycles. The quantitative estimate of drug-likeness (QED) is 0.877. The minimum atomic E-state index is -0.197. The summed E-state index contributed by atoms with van der Waals surface area (Å²) in [6, 6.07) is 7.02. The minimum absolute atomic E-state index is 0.197. The van der Waals surface area contributed by atoms with Gasteiger partial charge >= 0.3 is 0 Å². The molecular weight excluding hydrogens is 285 g/mol. The van der Waals surface area contributed by atoms with E-state index in [0.717, 1.165) is 22.9 Å². The number of anilines is 1. The smallest absolute Gasteiger partial charge is 0.185 e. The van der Waals surface area contributed by atoms with Crippen molar-refractivity contribution in [2.45, 2.75) is 33.4 Å². The van der Waals surface area contributed by atoms with Gasteiger partial charge in [-0.15, -0.1) is 11.3 Å².